The molecule has 4 aromatic rings. The molecule has 0 aliphatic carbocycles. The van der Waals surface area contributed by atoms with Crippen molar-refractivity contribution in [3.63, 3.8) is 0 Å². The third-order valence-corrected chi connectivity index (χ3v) is 6.04. The number of hydrazine groups is 1. The molecule has 8 nitrogen and oxygen atoms in total. The van der Waals surface area contributed by atoms with Crippen molar-refractivity contribution in [2.24, 2.45) is 0 Å². The Kier molecular flexibility index (Phi) is 6.79. The van der Waals surface area contributed by atoms with E-state index in [-0.39, 0.29) is 12.4 Å². The van der Waals surface area contributed by atoms with E-state index in [9.17, 15) is 23.6 Å². The molecule has 2 amide bonds. The van der Waals surface area contributed by atoms with Crippen LogP contribution in [-0.4, -0.2) is 20.9 Å². The van der Waals surface area contributed by atoms with Gasteiger partial charge in [0.1, 0.15) is 12.4 Å². The summed E-state index contributed by atoms with van der Waals surface area (Å²) >= 11 is 1.17. The Morgan fingerprint density at radius 3 is 2.35 bits per heavy atom. The second-order valence-electron chi connectivity index (χ2n) is 7.31. The molecule has 0 aliphatic rings. The van der Waals surface area contributed by atoms with E-state index in [0.29, 0.717) is 4.88 Å². The zero-order valence-corrected chi connectivity index (χ0v) is 18.5. The third-order valence-electron chi connectivity index (χ3n) is 4.91. The van der Waals surface area contributed by atoms with Gasteiger partial charge >= 0.3 is 5.69 Å². The fraction of sp³-hybridized carbons (Fsp3) is 0.0833. The van der Waals surface area contributed by atoms with Crippen LogP contribution in [-0.2, 0) is 17.9 Å². The Labute approximate surface area is 196 Å². The molecule has 2 aromatic carbocycles. The van der Waals surface area contributed by atoms with Gasteiger partial charge in [-0.15, -0.1) is 11.3 Å². The number of hydrogen-bond acceptors (Lipinski definition) is 5. The van der Waals surface area contributed by atoms with Crippen LogP contribution in [0.15, 0.2) is 88.6 Å². The average molecular weight is 479 g/mol. The first-order chi connectivity index (χ1) is 16.4. The van der Waals surface area contributed by atoms with Crippen LogP contribution in [0.3, 0.4) is 0 Å². The van der Waals surface area contributed by atoms with Gasteiger partial charge in [-0.25, -0.2) is 9.18 Å². The lowest BCUT2D eigenvalue weighted by atomic mass is 10.2. The van der Waals surface area contributed by atoms with Gasteiger partial charge < -0.3 is 0 Å². The van der Waals surface area contributed by atoms with Crippen molar-refractivity contribution in [2.45, 2.75) is 13.1 Å². The number of nitrogens with zero attached hydrogens (tertiary/aromatic N) is 2. The summed E-state index contributed by atoms with van der Waals surface area (Å²) in [6.45, 7) is -0.314. The summed E-state index contributed by atoms with van der Waals surface area (Å²) in [6.07, 6.45) is 1.38. The van der Waals surface area contributed by atoms with Gasteiger partial charge in [0.25, 0.3) is 17.4 Å². The number of nitrogens with one attached hydrogen (secondary N) is 2. The minimum absolute atomic E-state index is 0.243. The average Bonchev–Trinajstić information content (AvgIpc) is 3.34. The Hall–Kier alpha value is -4.31. The van der Waals surface area contributed by atoms with Crippen LogP contribution >= 0.6 is 11.3 Å². The first-order valence-electron chi connectivity index (χ1n) is 10.2. The Bertz CT molecular complexity index is 1440. The van der Waals surface area contributed by atoms with Crippen molar-refractivity contribution in [3.8, 4) is 10.4 Å². The number of benzene rings is 2. The van der Waals surface area contributed by atoms with Crippen LogP contribution in [0.25, 0.3) is 10.4 Å². The molecule has 2 aromatic heterocycles. The van der Waals surface area contributed by atoms with Crippen LogP contribution in [0.1, 0.15) is 15.2 Å². The predicted octanol–water partition coefficient (Wildman–Crippen LogP) is 2.39. The van der Waals surface area contributed by atoms with Gasteiger partial charge in [0.2, 0.25) is 0 Å². The van der Waals surface area contributed by atoms with Crippen molar-refractivity contribution < 1.29 is 14.0 Å². The van der Waals surface area contributed by atoms with Gasteiger partial charge in [-0.2, -0.15) is 0 Å². The van der Waals surface area contributed by atoms with Gasteiger partial charge in [0.15, 0.2) is 0 Å². The highest BCUT2D eigenvalue weighted by atomic mass is 32.1. The molecule has 10 heteroatoms. The minimum atomic E-state index is -0.736. The van der Waals surface area contributed by atoms with E-state index in [1.807, 2.05) is 30.3 Å². The molecule has 0 unspecified atom stereocenters. The molecule has 172 valence electrons. The molecule has 4 rings (SSSR count). The van der Waals surface area contributed by atoms with Crippen LogP contribution < -0.4 is 22.1 Å². The van der Waals surface area contributed by atoms with Gasteiger partial charge in [-0.3, -0.25) is 34.4 Å². The standard InChI is InChI=1S/C24H19FN4O4S/c25-18-8-6-17(7-9-18)19-10-11-20(34-19)23(32)27-26-21(30)15-29-22(31)12-13-28(24(29)33)14-16-4-2-1-3-5-16/h1-13H,14-15H2,(H,26,30)(H,27,32). The number of hydrogen-bond donors (Lipinski definition) is 2. The number of carbonyl (C=O) groups excluding carboxylic acids is 2. The lowest BCUT2D eigenvalue weighted by Crippen LogP contribution is -2.47. The number of amides is 2. The molecule has 0 saturated heterocycles. The maximum absolute atomic E-state index is 13.1. The van der Waals surface area contributed by atoms with Crippen molar-refractivity contribution in [3.05, 3.63) is 116 Å². The number of aromatic nitrogens is 2. The highest BCUT2D eigenvalue weighted by molar-refractivity contribution is 7.17. The van der Waals surface area contributed by atoms with E-state index in [0.717, 1.165) is 20.6 Å². The van der Waals surface area contributed by atoms with E-state index in [1.54, 1.807) is 24.3 Å². The summed E-state index contributed by atoms with van der Waals surface area (Å²) in [5.74, 6) is -1.65. The summed E-state index contributed by atoms with van der Waals surface area (Å²) in [7, 11) is 0. The fourth-order valence-electron chi connectivity index (χ4n) is 3.20. The monoisotopic (exact) mass is 478 g/mol. The Morgan fingerprint density at radius 1 is 0.882 bits per heavy atom. The Balaban J connectivity index is 1.39. The summed E-state index contributed by atoms with van der Waals surface area (Å²) < 4.78 is 15.2. The molecule has 0 aliphatic heterocycles. The van der Waals surface area contributed by atoms with E-state index in [1.165, 1.54) is 40.3 Å². The molecule has 0 radical (unpaired) electrons. The fourth-order valence-corrected chi connectivity index (χ4v) is 4.11. The minimum Gasteiger partial charge on any atom is -0.296 e. The number of rotatable bonds is 6. The maximum atomic E-state index is 13.1. The third kappa shape index (κ3) is 5.36. The zero-order valence-electron chi connectivity index (χ0n) is 17.7. The summed E-state index contributed by atoms with van der Waals surface area (Å²) in [5, 5.41) is 0. The molecular formula is C24H19FN4O4S. The van der Waals surface area contributed by atoms with Crippen LogP contribution in [0.5, 0.6) is 0 Å². The van der Waals surface area contributed by atoms with Gasteiger partial charge in [0, 0.05) is 17.1 Å². The van der Waals surface area contributed by atoms with Crippen molar-refractivity contribution >= 4 is 23.2 Å². The first kappa shape index (κ1) is 22.9. The molecule has 34 heavy (non-hydrogen) atoms. The SMILES string of the molecule is O=C(Cn1c(=O)ccn(Cc2ccccc2)c1=O)NNC(=O)c1ccc(-c2ccc(F)cc2)s1. The highest BCUT2D eigenvalue weighted by Crippen LogP contribution is 2.28. The molecule has 0 bridgehead atoms. The quantitative estimate of drug-likeness (QED) is 0.416. The number of carbonyl (C=O) groups is 2. The van der Waals surface area contributed by atoms with E-state index in [4.69, 9.17) is 0 Å². The maximum Gasteiger partial charge on any atom is 0.331 e. The lowest BCUT2D eigenvalue weighted by Gasteiger charge is -2.10. The Morgan fingerprint density at radius 2 is 1.62 bits per heavy atom. The number of thiophene rings is 1. The largest absolute Gasteiger partial charge is 0.331 e. The summed E-state index contributed by atoms with van der Waals surface area (Å²) in [4.78, 5) is 50.6. The second kappa shape index (κ2) is 10.1. The smallest absolute Gasteiger partial charge is 0.296 e. The molecule has 2 heterocycles. The lowest BCUT2D eigenvalue weighted by molar-refractivity contribution is -0.122. The van der Waals surface area contributed by atoms with Crippen molar-refractivity contribution in [1.82, 2.24) is 20.0 Å². The van der Waals surface area contributed by atoms with Crippen LogP contribution in [0.2, 0.25) is 0 Å². The van der Waals surface area contributed by atoms with Gasteiger partial charge in [-0.1, -0.05) is 42.5 Å². The molecule has 2 N–H and O–H groups in total. The second-order valence-corrected chi connectivity index (χ2v) is 8.39. The van der Waals surface area contributed by atoms with E-state index >= 15 is 0 Å². The van der Waals surface area contributed by atoms with Crippen LogP contribution in [0.4, 0.5) is 4.39 Å². The first-order valence-corrected chi connectivity index (χ1v) is 11.0. The van der Waals surface area contributed by atoms with Crippen molar-refractivity contribution in [2.75, 3.05) is 0 Å². The molecule has 0 fully saturated rings. The van der Waals surface area contributed by atoms with E-state index in [2.05, 4.69) is 10.9 Å². The number of halogens is 1. The predicted molar refractivity (Wildman–Crippen MR) is 126 cm³/mol. The summed E-state index contributed by atoms with van der Waals surface area (Å²) in [6, 6.07) is 19.6. The molecule has 0 spiro atoms. The van der Waals surface area contributed by atoms with E-state index < -0.39 is 29.6 Å². The topological polar surface area (TPSA) is 102 Å². The normalized spacial score (nSPS) is 10.6. The summed E-state index contributed by atoms with van der Waals surface area (Å²) in [5.41, 5.74) is 4.85. The van der Waals surface area contributed by atoms with Gasteiger partial charge in [0.05, 0.1) is 11.4 Å². The molecule has 0 atom stereocenters. The highest BCUT2D eigenvalue weighted by Gasteiger charge is 2.14. The molecule has 0 saturated carbocycles. The molecular weight excluding hydrogens is 459 g/mol. The van der Waals surface area contributed by atoms with Crippen molar-refractivity contribution in [1.29, 1.82) is 0 Å². The van der Waals surface area contributed by atoms with Crippen LogP contribution in [0, 0.1) is 5.82 Å². The zero-order chi connectivity index (χ0) is 24.1. The van der Waals surface area contributed by atoms with Gasteiger partial charge in [-0.05, 0) is 35.4 Å².